The first-order valence-electron chi connectivity index (χ1n) is 7.54. The molecule has 1 fully saturated rings. The Labute approximate surface area is 141 Å². The molecule has 128 valence electrons. The molecule has 2 unspecified atom stereocenters. The number of likely N-dealkylation sites (tertiary alicyclic amines) is 1. The molecule has 0 spiro atoms. The Kier molecular flexibility index (Phi) is 6.97. The highest BCUT2D eigenvalue weighted by molar-refractivity contribution is 5.97. The number of hydrogen-bond acceptors (Lipinski definition) is 3. The van der Waals surface area contributed by atoms with Crippen molar-refractivity contribution < 1.29 is 14.0 Å². The van der Waals surface area contributed by atoms with Gasteiger partial charge in [-0.2, -0.15) is 0 Å². The van der Waals surface area contributed by atoms with Gasteiger partial charge in [-0.1, -0.05) is 0 Å². The second-order valence-electron chi connectivity index (χ2n) is 5.80. The van der Waals surface area contributed by atoms with Crippen LogP contribution < -0.4 is 11.1 Å². The maximum atomic E-state index is 13.7. The van der Waals surface area contributed by atoms with Gasteiger partial charge < -0.3 is 16.0 Å². The van der Waals surface area contributed by atoms with E-state index < -0.39 is 5.82 Å². The number of nitrogens with one attached hydrogen (secondary N) is 1. The molecular weight excluding hydrogens is 321 g/mol. The number of piperidine rings is 1. The summed E-state index contributed by atoms with van der Waals surface area (Å²) in [5, 5.41) is 2.40. The third-order valence-corrected chi connectivity index (χ3v) is 3.94. The van der Waals surface area contributed by atoms with Crippen molar-refractivity contribution in [1.82, 2.24) is 4.90 Å². The molecule has 2 rings (SSSR count). The summed E-state index contributed by atoms with van der Waals surface area (Å²) in [6.07, 6.45) is 2.87. The third kappa shape index (κ3) is 4.65. The summed E-state index contributed by atoms with van der Waals surface area (Å²) >= 11 is 0. The largest absolute Gasteiger partial charge is 0.334 e. The third-order valence-electron chi connectivity index (χ3n) is 3.94. The summed E-state index contributed by atoms with van der Waals surface area (Å²) in [5.41, 5.74) is 6.36. The lowest BCUT2D eigenvalue weighted by Crippen LogP contribution is -2.51. The topological polar surface area (TPSA) is 75.4 Å². The minimum atomic E-state index is -0.561. The van der Waals surface area contributed by atoms with E-state index in [0.717, 1.165) is 19.3 Å². The lowest BCUT2D eigenvalue weighted by molar-refractivity contribution is -0.114. The SMILES string of the molecule is CC(=O)Nc1cc(C(=O)N2CCCCC2C(C)N)ccc1F.Cl. The minimum Gasteiger partial charge on any atom is -0.334 e. The summed E-state index contributed by atoms with van der Waals surface area (Å²) in [6.45, 7) is 3.84. The van der Waals surface area contributed by atoms with E-state index in [1.54, 1.807) is 4.90 Å². The van der Waals surface area contributed by atoms with Gasteiger partial charge in [-0.15, -0.1) is 12.4 Å². The Hall–Kier alpha value is -1.66. The monoisotopic (exact) mass is 343 g/mol. The van der Waals surface area contributed by atoms with Crippen molar-refractivity contribution in [2.75, 3.05) is 11.9 Å². The number of nitrogens with zero attached hydrogens (tertiary/aromatic N) is 1. The molecule has 1 heterocycles. The van der Waals surface area contributed by atoms with Gasteiger partial charge >= 0.3 is 0 Å². The molecule has 2 atom stereocenters. The Bertz CT molecular complexity index is 580. The molecule has 2 amide bonds. The van der Waals surface area contributed by atoms with Crippen LogP contribution >= 0.6 is 12.4 Å². The van der Waals surface area contributed by atoms with Crippen LogP contribution in [-0.4, -0.2) is 35.3 Å². The number of carbonyl (C=O) groups excluding carboxylic acids is 2. The van der Waals surface area contributed by atoms with Crippen LogP contribution in [0.15, 0.2) is 18.2 Å². The van der Waals surface area contributed by atoms with Gasteiger partial charge in [-0.25, -0.2) is 4.39 Å². The molecule has 7 heteroatoms. The van der Waals surface area contributed by atoms with Gasteiger partial charge in [0.05, 0.1) is 5.69 Å². The first-order chi connectivity index (χ1) is 10.4. The zero-order valence-corrected chi connectivity index (χ0v) is 14.2. The lowest BCUT2D eigenvalue weighted by Gasteiger charge is -2.38. The number of nitrogens with two attached hydrogens (primary N) is 1. The molecule has 5 nitrogen and oxygen atoms in total. The molecule has 1 aromatic carbocycles. The van der Waals surface area contributed by atoms with Crippen LogP contribution in [0.2, 0.25) is 0 Å². The van der Waals surface area contributed by atoms with Crippen LogP contribution in [0.4, 0.5) is 10.1 Å². The number of rotatable bonds is 3. The van der Waals surface area contributed by atoms with E-state index in [4.69, 9.17) is 5.73 Å². The van der Waals surface area contributed by atoms with Crippen molar-refractivity contribution in [3.05, 3.63) is 29.6 Å². The van der Waals surface area contributed by atoms with Gasteiger partial charge in [-0.05, 0) is 44.4 Å². The maximum Gasteiger partial charge on any atom is 0.254 e. The van der Waals surface area contributed by atoms with E-state index in [2.05, 4.69) is 5.32 Å². The van der Waals surface area contributed by atoms with Crippen molar-refractivity contribution in [1.29, 1.82) is 0 Å². The molecule has 0 aromatic heterocycles. The molecule has 1 aliphatic heterocycles. The summed E-state index contributed by atoms with van der Waals surface area (Å²) in [6, 6.07) is 3.90. The second-order valence-corrected chi connectivity index (χ2v) is 5.80. The number of amides is 2. The molecule has 23 heavy (non-hydrogen) atoms. The first-order valence-corrected chi connectivity index (χ1v) is 7.54. The predicted molar refractivity (Wildman–Crippen MR) is 90.3 cm³/mol. The minimum absolute atomic E-state index is 0. The number of carbonyl (C=O) groups is 2. The Morgan fingerprint density at radius 2 is 2.09 bits per heavy atom. The molecule has 1 aliphatic rings. The molecule has 0 radical (unpaired) electrons. The Morgan fingerprint density at radius 1 is 1.39 bits per heavy atom. The highest BCUT2D eigenvalue weighted by atomic mass is 35.5. The standard InChI is InChI=1S/C16H22FN3O2.ClH/c1-10(18)15-5-3-4-8-20(15)16(22)12-6-7-13(17)14(9-12)19-11(2)21;/h6-7,9-10,15H,3-5,8,18H2,1-2H3,(H,19,21);1H. The van der Waals surface area contributed by atoms with E-state index in [-0.39, 0.29) is 42.0 Å². The van der Waals surface area contributed by atoms with Gasteiger partial charge in [-0.3, -0.25) is 9.59 Å². The number of hydrogen-bond donors (Lipinski definition) is 2. The smallest absolute Gasteiger partial charge is 0.254 e. The summed E-state index contributed by atoms with van der Waals surface area (Å²) < 4.78 is 13.7. The predicted octanol–water partition coefficient (Wildman–Crippen LogP) is 2.55. The molecule has 0 aliphatic carbocycles. The summed E-state index contributed by atoms with van der Waals surface area (Å²) in [5.74, 6) is -1.11. The number of halogens is 2. The van der Waals surface area contributed by atoms with Crippen LogP contribution in [0, 0.1) is 5.82 Å². The first kappa shape index (κ1) is 19.4. The van der Waals surface area contributed by atoms with E-state index in [0.29, 0.717) is 12.1 Å². The van der Waals surface area contributed by atoms with Crippen LogP contribution in [0.3, 0.4) is 0 Å². The van der Waals surface area contributed by atoms with Crippen molar-refractivity contribution in [3.63, 3.8) is 0 Å². The van der Waals surface area contributed by atoms with Crippen molar-refractivity contribution >= 4 is 29.9 Å². The van der Waals surface area contributed by atoms with Crippen LogP contribution in [0.25, 0.3) is 0 Å². The van der Waals surface area contributed by atoms with Crippen molar-refractivity contribution in [3.8, 4) is 0 Å². The fourth-order valence-electron chi connectivity index (χ4n) is 2.87. The number of anilines is 1. The van der Waals surface area contributed by atoms with Gasteiger partial charge in [0, 0.05) is 31.1 Å². The lowest BCUT2D eigenvalue weighted by atomic mass is 9.96. The van der Waals surface area contributed by atoms with Crippen molar-refractivity contribution in [2.24, 2.45) is 5.73 Å². The van der Waals surface area contributed by atoms with E-state index in [9.17, 15) is 14.0 Å². The zero-order valence-electron chi connectivity index (χ0n) is 13.3. The van der Waals surface area contributed by atoms with Crippen LogP contribution in [0.1, 0.15) is 43.5 Å². The fraction of sp³-hybridized carbons (Fsp3) is 0.500. The quantitative estimate of drug-likeness (QED) is 0.885. The number of benzene rings is 1. The van der Waals surface area contributed by atoms with E-state index in [1.165, 1.54) is 25.1 Å². The summed E-state index contributed by atoms with van der Waals surface area (Å²) in [7, 11) is 0. The molecule has 0 bridgehead atoms. The van der Waals surface area contributed by atoms with Gasteiger partial charge in [0.15, 0.2) is 0 Å². The van der Waals surface area contributed by atoms with Gasteiger partial charge in [0.2, 0.25) is 5.91 Å². The highest BCUT2D eigenvalue weighted by Gasteiger charge is 2.30. The molecular formula is C16H23ClFN3O2. The zero-order chi connectivity index (χ0) is 16.3. The van der Waals surface area contributed by atoms with Gasteiger partial charge in [0.1, 0.15) is 5.82 Å². The molecule has 1 saturated heterocycles. The average molecular weight is 344 g/mol. The molecule has 0 saturated carbocycles. The highest BCUT2D eigenvalue weighted by Crippen LogP contribution is 2.23. The van der Waals surface area contributed by atoms with E-state index >= 15 is 0 Å². The average Bonchev–Trinajstić information content (AvgIpc) is 2.48. The Morgan fingerprint density at radius 3 is 2.70 bits per heavy atom. The fourth-order valence-corrected chi connectivity index (χ4v) is 2.87. The molecule has 3 N–H and O–H groups in total. The normalized spacial score (nSPS) is 18.8. The second kappa shape index (κ2) is 8.26. The van der Waals surface area contributed by atoms with Crippen LogP contribution in [-0.2, 0) is 4.79 Å². The Balaban J connectivity index is 0.00000264. The van der Waals surface area contributed by atoms with Crippen LogP contribution in [0.5, 0.6) is 0 Å². The van der Waals surface area contributed by atoms with E-state index in [1.807, 2.05) is 6.92 Å². The van der Waals surface area contributed by atoms with Gasteiger partial charge in [0.25, 0.3) is 5.91 Å². The summed E-state index contributed by atoms with van der Waals surface area (Å²) in [4.78, 5) is 25.6. The van der Waals surface area contributed by atoms with Crippen molar-refractivity contribution in [2.45, 2.75) is 45.2 Å². The maximum absolute atomic E-state index is 13.7. The molecule has 1 aromatic rings.